The fraction of sp³-hybridized carbons (Fsp3) is 0.0526. The van der Waals surface area contributed by atoms with Crippen LogP contribution in [0.25, 0.3) is 0 Å². The Bertz CT molecular complexity index is 899. The van der Waals surface area contributed by atoms with Gasteiger partial charge in [0.2, 0.25) is 0 Å². The monoisotopic (exact) mass is 397 g/mol. The first kappa shape index (κ1) is 17.0. The molecule has 0 atom stereocenters. The van der Waals surface area contributed by atoms with Crippen molar-refractivity contribution in [3.63, 3.8) is 0 Å². The summed E-state index contributed by atoms with van der Waals surface area (Å²) in [5.41, 5.74) is 2.76. The second-order valence-corrected chi connectivity index (χ2v) is 6.20. The fourth-order valence-corrected chi connectivity index (χ4v) is 2.67. The number of hydrogen-bond donors (Lipinski definition) is 2. The number of hydrogen-bond acceptors (Lipinski definition) is 4. The number of aromatic nitrogens is 1. The van der Waals surface area contributed by atoms with E-state index in [2.05, 4.69) is 31.5 Å². The number of ether oxygens (including phenoxy) is 1. The summed E-state index contributed by atoms with van der Waals surface area (Å²) >= 11 is 3.43. The van der Waals surface area contributed by atoms with Crippen molar-refractivity contribution in [3.05, 3.63) is 77.0 Å². The molecule has 1 heterocycles. The Morgan fingerprint density at radius 3 is 2.60 bits per heavy atom. The first-order valence-electron chi connectivity index (χ1n) is 7.57. The summed E-state index contributed by atoms with van der Waals surface area (Å²) in [4.78, 5) is 16.6. The normalized spacial score (nSPS) is 10.2. The minimum atomic E-state index is -0.237. The predicted octanol–water partition coefficient (Wildman–Crippen LogP) is 4.85. The smallest absolute Gasteiger partial charge is 0.257 e. The van der Waals surface area contributed by atoms with Crippen LogP contribution in [0.4, 0.5) is 17.1 Å². The van der Waals surface area contributed by atoms with E-state index in [0.29, 0.717) is 17.0 Å². The zero-order chi connectivity index (χ0) is 17.6. The number of halogens is 1. The molecule has 0 spiro atoms. The van der Waals surface area contributed by atoms with Crippen LogP contribution in [0.5, 0.6) is 5.75 Å². The number of carbonyl (C=O) groups excluding carboxylic acids is 1. The van der Waals surface area contributed by atoms with Gasteiger partial charge in [0.25, 0.3) is 5.91 Å². The van der Waals surface area contributed by atoms with Crippen LogP contribution in [-0.4, -0.2) is 18.0 Å². The largest absolute Gasteiger partial charge is 0.497 e. The van der Waals surface area contributed by atoms with Crippen LogP contribution < -0.4 is 15.4 Å². The Balaban J connectivity index is 1.75. The van der Waals surface area contributed by atoms with Gasteiger partial charge in [-0.15, -0.1) is 0 Å². The van der Waals surface area contributed by atoms with E-state index in [4.69, 9.17) is 4.74 Å². The standard InChI is InChI=1S/C19H16BrN3O2/c1-25-18-7-3-6-16(10-18)23-19(24)13-8-17(12-21-11-13)22-15-5-2-4-14(20)9-15/h2-12,22H,1H3,(H,23,24). The lowest BCUT2D eigenvalue weighted by atomic mass is 10.2. The van der Waals surface area contributed by atoms with Gasteiger partial charge in [-0.1, -0.05) is 28.1 Å². The molecule has 0 aliphatic rings. The van der Waals surface area contributed by atoms with Crippen molar-refractivity contribution in [3.8, 4) is 5.75 Å². The molecule has 0 saturated carbocycles. The minimum Gasteiger partial charge on any atom is -0.497 e. The molecule has 1 aromatic heterocycles. The molecule has 2 aromatic carbocycles. The Labute approximate surface area is 154 Å². The molecular weight excluding hydrogens is 382 g/mol. The molecule has 126 valence electrons. The molecule has 0 saturated heterocycles. The van der Waals surface area contributed by atoms with Gasteiger partial charge < -0.3 is 15.4 Å². The molecule has 5 nitrogen and oxygen atoms in total. The summed E-state index contributed by atoms with van der Waals surface area (Å²) in [5, 5.41) is 6.07. The third-order valence-corrected chi connectivity index (χ3v) is 3.93. The molecule has 3 aromatic rings. The van der Waals surface area contributed by atoms with Crippen LogP contribution in [0, 0.1) is 0 Å². The van der Waals surface area contributed by atoms with E-state index >= 15 is 0 Å². The van der Waals surface area contributed by atoms with Crippen molar-refractivity contribution in [2.75, 3.05) is 17.7 Å². The summed E-state index contributed by atoms with van der Waals surface area (Å²) in [5.74, 6) is 0.444. The van der Waals surface area contributed by atoms with Gasteiger partial charge in [-0.25, -0.2) is 0 Å². The Morgan fingerprint density at radius 2 is 1.80 bits per heavy atom. The van der Waals surface area contributed by atoms with Gasteiger partial charge in [0, 0.05) is 28.1 Å². The third kappa shape index (κ3) is 4.58. The van der Waals surface area contributed by atoms with E-state index in [1.807, 2.05) is 36.4 Å². The van der Waals surface area contributed by atoms with Gasteiger partial charge in [0.1, 0.15) is 5.75 Å². The molecular formula is C19H16BrN3O2. The second-order valence-electron chi connectivity index (χ2n) is 5.28. The molecule has 3 rings (SSSR count). The molecule has 6 heteroatoms. The number of carbonyl (C=O) groups is 1. The summed E-state index contributed by atoms with van der Waals surface area (Å²) < 4.78 is 6.13. The van der Waals surface area contributed by atoms with Crippen molar-refractivity contribution < 1.29 is 9.53 Å². The van der Waals surface area contributed by atoms with Crippen LogP contribution in [0.2, 0.25) is 0 Å². The number of anilines is 3. The van der Waals surface area contributed by atoms with Crippen LogP contribution in [0.15, 0.2) is 71.5 Å². The quantitative estimate of drug-likeness (QED) is 0.645. The van der Waals surface area contributed by atoms with Crippen molar-refractivity contribution in [2.24, 2.45) is 0 Å². The lowest BCUT2D eigenvalue weighted by Gasteiger charge is -2.09. The minimum absolute atomic E-state index is 0.237. The van der Waals surface area contributed by atoms with Crippen LogP contribution >= 0.6 is 15.9 Å². The van der Waals surface area contributed by atoms with Crippen molar-refractivity contribution >= 4 is 38.9 Å². The van der Waals surface area contributed by atoms with E-state index in [9.17, 15) is 4.79 Å². The van der Waals surface area contributed by atoms with Gasteiger partial charge in [0.15, 0.2) is 0 Å². The molecule has 1 amide bonds. The average molecular weight is 398 g/mol. The van der Waals surface area contributed by atoms with E-state index in [0.717, 1.165) is 15.8 Å². The zero-order valence-electron chi connectivity index (χ0n) is 13.5. The van der Waals surface area contributed by atoms with Crippen molar-refractivity contribution in [2.45, 2.75) is 0 Å². The van der Waals surface area contributed by atoms with Gasteiger partial charge in [-0.3, -0.25) is 9.78 Å². The van der Waals surface area contributed by atoms with Crippen LogP contribution in [-0.2, 0) is 0 Å². The number of benzene rings is 2. The lowest BCUT2D eigenvalue weighted by Crippen LogP contribution is -2.12. The highest BCUT2D eigenvalue weighted by Crippen LogP contribution is 2.21. The summed E-state index contributed by atoms with van der Waals surface area (Å²) in [6.07, 6.45) is 3.20. The number of methoxy groups -OCH3 is 1. The fourth-order valence-electron chi connectivity index (χ4n) is 2.27. The van der Waals surface area contributed by atoms with E-state index in [1.165, 1.54) is 6.20 Å². The van der Waals surface area contributed by atoms with Crippen LogP contribution in [0.3, 0.4) is 0 Å². The number of nitrogens with zero attached hydrogens (tertiary/aromatic N) is 1. The summed E-state index contributed by atoms with van der Waals surface area (Å²) in [6.45, 7) is 0. The topological polar surface area (TPSA) is 63.2 Å². The Hall–Kier alpha value is -2.86. The maximum absolute atomic E-state index is 12.4. The van der Waals surface area contributed by atoms with Gasteiger partial charge in [0.05, 0.1) is 24.6 Å². The maximum atomic E-state index is 12.4. The first-order chi connectivity index (χ1) is 12.1. The predicted molar refractivity (Wildman–Crippen MR) is 103 cm³/mol. The van der Waals surface area contributed by atoms with Crippen molar-refractivity contribution in [1.82, 2.24) is 4.98 Å². The molecule has 0 radical (unpaired) electrons. The lowest BCUT2D eigenvalue weighted by molar-refractivity contribution is 0.102. The first-order valence-corrected chi connectivity index (χ1v) is 8.36. The SMILES string of the molecule is COc1cccc(NC(=O)c2cncc(Nc3cccc(Br)c3)c2)c1. The Morgan fingerprint density at radius 1 is 1.00 bits per heavy atom. The molecule has 0 aliphatic carbocycles. The number of amides is 1. The summed E-state index contributed by atoms with van der Waals surface area (Å²) in [7, 11) is 1.59. The molecule has 25 heavy (non-hydrogen) atoms. The highest BCUT2D eigenvalue weighted by molar-refractivity contribution is 9.10. The summed E-state index contributed by atoms with van der Waals surface area (Å²) in [6, 6.07) is 16.7. The number of pyridine rings is 1. The van der Waals surface area contributed by atoms with Gasteiger partial charge >= 0.3 is 0 Å². The molecule has 0 unspecified atom stereocenters. The van der Waals surface area contributed by atoms with Crippen LogP contribution in [0.1, 0.15) is 10.4 Å². The van der Waals surface area contributed by atoms with Gasteiger partial charge in [-0.05, 0) is 36.4 Å². The van der Waals surface area contributed by atoms with E-state index < -0.39 is 0 Å². The highest BCUT2D eigenvalue weighted by atomic mass is 79.9. The molecule has 0 fully saturated rings. The van der Waals surface area contributed by atoms with E-state index in [-0.39, 0.29) is 5.91 Å². The third-order valence-electron chi connectivity index (χ3n) is 3.44. The molecule has 2 N–H and O–H groups in total. The zero-order valence-corrected chi connectivity index (χ0v) is 15.1. The molecule has 0 bridgehead atoms. The van der Waals surface area contributed by atoms with Gasteiger partial charge in [-0.2, -0.15) is 0 Å². The Kier molecular flexibility index (Phi) is 5.30. The molecule has 0 aliphatic heterocycles. The number of rotatable bonds is 5. The average Bonchev–Trinajstić information content (AvgIpc) is 2.62. The number of nitrogens with one attached hydrogen (secondary N) is 2. The van der Waals surface area contributed by atoms with Crippen molar-refractivity contribution in [1.29, 1.82) is 0 Å². The highest BCUT2D eigenvalue weighted by Gasteiger charge is 2.08. The van der Waals surface area contributed by atoms with E-state index in [1.54, 1.807) is 31.5 Å². The second kappa shape index (κ2) is 7.81. The maximum Gasteiger partial charge on any atom is 0.257 e.